The first-order valence-electron chi connectivity index (χ1n) is 8.73. The van der Waals surface area contributed by atoms with Crippen molar-refractivity contribution in [2.45, 2.75) is 33.1 Å². The number of aryl methyl sites for hydroxylation is 1. The summed E-state index contributed by atoms with van der Waals surface area (Å²) in [7, 11) is 0. The molecule has 0 saturated carbocycles. The molecule has 0 amide bonds. The van der Waals surface area contributed by atoms with E-state index in [-0.39, 0.29) is 0 Å². The molecule has 2 heterocycles. The van der Waals surface area contributed by atoms with Gasteiger partial charge in [-0.3, -0.25) is 0 Å². The Bertz CT molecular complexity index is 966. The highest BCUT2D eigenvalue weighted by Crippen LogP contribution is 2.47. The predicted molar refractivity (Wildman–Crippen MR) is 109 cm³/mol. The molecule has 0 radical (unpaired) electrons. The van der Waals surface area contributed by atoms with Crippen molar-refractivity contribution in [3.8, 4) is 0 Å². The summed E-state index contributed by atoms with van der Waals surface area (Å²) in [5, 5.41) is 3.77. The molecule has 0 fully saturated rings. The number of nitrogens with zero attached hydrogens (tertiary/aromatic N) is 1. The topological polar surface area (TPSA) is 77.2 Å². The molecule has 3 rings (SSSR count). The molecule has 5 nitrogen and oxygen atoms in total. The van der Waals surface area contributed by atoms with E-state index in [1.165, 1.54) is 0 Å². The van der Waals surface area contributed by atoms with Gasteiger partial charge in [0, 0.05) is 27.7 Å². The van der Waals surface area contributed by atoms with Crippen LogP contribution in [0.5, 0.6) is 0 Å². The minimum absolute atomic E-state index is 0.438. The second kappa shape index (κ2) is 7.45. The Morgan fingerprint density at radius 3 is 2.74 bits per heavy atom. The second-order valence-electron chi connectivity index (χ2n) is 6.40. The lowest BCUT2D eigenvalue weighted by molar-refractivity contribution is -0.133. The fourth-order valence-electron chi connectivity index (χ4n) is 3.53. The fraction of sp³-hybridized carbons (Fsp3) is 0.238. The lowest BCUT2D eigenvalue weighted by Crippen LogP contribution is -2.26. The number of carbonyl (C=O) groups is 1. The summed E-state index contributed by atoms with van der Waals surface area (Å²) in [6, 6.07) is 7.41. The van der Waals surface area contributed by atoms with E-state index in [2.05, 4.69) is 11.9 Å². The molecule has 6 heteroatoms. The number of ether oxygens (including phenoxy) is 1. The summed E-state index contributed by atoms with van der Waals surface area (Å²) in [6.07, 6.45) is 1.88. The number of nitrogens with one attached hydrogen (secondary N) is 1. The Kier molecular flexibility index (Phi) is 5.24. The zero-order chi connectivity index (χ0) is 19.7. The maximum atomic E-state index is 12.7. The van der Waals surface area contributed by atoms with Crippen molar-refractivity contribution in [3.05, 3.63) is 75.8 Å². The number of anilines is 2. The largest absolute Gasteiger partial charge is 0.432 e. The molecule has 1 aliphatic heterocycles. The molecule has 0 aliphatic carbocycles. The van der Waals surface area contributed by atoms with Crippen LogP contribution in [0, 0.1) is 6.92 Å². The van der Waals surface area contributed by atoms with Crippen molar-refractivity contribution in [3.63, 3.8) is 0 Å². The van der Waals surface area contributed by atoms with E-state index >= 15 is 0 Å². The first-order valence-corrected chi connectivity index (χ1v) is 9.11. The SMILES string of the molecule is C=COC(=O)C1=C(C)Nc2nc(CC)c(C)c(N)c2C1c1ccccc1Cl. The van der Waals surface area contributed by atoms with Crippen LogP contribution in [0.15, 0.2) is 48.4 Å². The van der Waals surface area contributed by atoms with Crippen LogP contribution in [0.25, 0.3) is 0 Å². The van der Waals surface area contributed by atoms with Gasteiger partial charge in [-0.2, -0.15) is 0 Å². The lowest BCUT2D eigenvalue weighted by Gasteiger charge is -2.32. The van der Waals surface area contributed by atoms with Gasteiger partial charge in [0.25, 0.3) is 0 Å². The molecule has 1 aromatic heterocycles. The molecule has 0 bridgehead atoms. The number of nitrogens with two attached hydrogens (primary N) is 1. The van der Waals surface area contributed by atoms with Crippen LogP contribution >= 0.6 is 11.6 Å². The standard InChI is InChI=1S/C21H22ClN3O2/c1-5-15-11(3)19(23)18-17(13-9-7-8-10-14(13)22)16(21(26)27-6-2)12(4)24-20(18)25-15/h6-10,17H,2,5H2,1,3-4H3,(H3,23,24,25). The average Bonchev–Trinajstić information content (AvgIpc) is 2.64. The molecule has 0 spiro atoms. The quantitative estimate of drug-likeness (QED) is 0.590. The number of pyridine rings is 1. The number of esters is 1. The fourth-order valence-corrected chi connectivity index (χ4v) is 3.78. The van der Waals surface area contributed by atoms with Gasteiger partial charge in [-0.25, -0.2) is 9.78 Å². The van der Waals surface area contributed by atoms with E-state index < -0.39 is 11.9 Å². The van der Waals surface area contributed by atoms with Crippen LogP contribution in [0.4, 0.5) is 11.5 Å². The van der Waals surface area contributed by atoms with E-state index in [0.717, 1.165) is 35.1 Å². The molecule has 1 aromatic carbocycles. The summed E-state index contributed by atoms with van der Waals surface area (Å²) < 4.78 is 5.10. The Balaban J connectivity index is 2.34. The van der Waals surface area contributed by atoms with Gasteiger partial charge in [-0.15, -0.1) is 0 Å². The predicted octanol–water partition coefficient (Wildman–Crippen LogP) is 4.71. The van der Waals surface area contributed by atoms with Crippen molar-refractivity contribution in [1.82, 2.24) is 4.98 Å². The summed E-state index contributed by atoms with van der Waals surface area (Å²) in [4.78, 5) is 17.5. The zero-order valence-corrected chi connectivity index (χ0v) is 16.4. The Labute approximate surface area is 163 Å². The molecule has 2 aromatic rings. The number of halogens is 1. The number of nitrogen functional groups attached to an aromatic ring is 1. The number of benzene rings is 1. The minimum Gasteiger partial charge on any atom is -0.432 e. The second-order valence-corrected chi connectivity index (χ2v) is 6.81. The molecule has 1 unspecified atom stereocenters. The molecule has 3 N–H and O–H groups in total. The van der Waals surface area contributed by atoms with Crippen molar-refractivity contribution in [2.24, 2.45) is 0 Å². The third kappa shape index (κ3) is 3.19. The highest BCUT2D eigenvalue weighted by Gasteiger charge is 2.37. The summed E-state index contributed by atoms with van der Waals surface area (Å²) >= 11 is 6.49. The molecule has 27 heavy (non-hydrogen) atoms. The molecule has 140 valence electrons. The number of carbonyl (C=O) groups excluding carboxylic acids is 1. The van der Waals surface area contributed by atoms with Crippen molar-refractivity contribution in [2.75, 3.05) is 11.1 Å². The number of fused-ring (bicyclic) bond motifs is 1. The Morgan fingerprint density at radius 1 is 1.41 bits per heavy atom. The molecule has 1 atom stereocenters. The number of hydrogen-bond acceptors (Lipinski definition) is 5. The number of aromatic nitrogens is 1. The summed E-state index contributed by atoms with van der Waals surface area (Å²) in [6.45, 7) is 9.28. The van der Waals surface area contributed by atoms with E-state index in [0.29, 0.717) is 27.8 Å². The van der Waals surface area contributed by atoms with Crippen LogP contribution in [0.3, 0.4) is 0 Å². The van der Waals surface area contributed by atoms with Crippen molar-refractivity contribution < 1.29 is 9.53 Å². The van der Waals surface area contributed by atoms with Crippen LogP contribution in [0.2, 0.25) is 5.02 Å². The summed E-state index contributed by atoms with van der Waals surface area (Å²) in [5.41, 5.74) is 11.5. The van der Waals surface area contributed by atoms with Gasteiger partial charge in [-0.05, 0) is 37.5 Å². The lowest BCUT2D eigenvalue weighted by atomic mass is 9.80. The molecular weight excluding hydrogens is 362 g/mol. The summed E-state index contributed by atoms with van der Waals surface area (Å²) in [5.74, 6) is -0.339. The van der Waals surface area contributed by atoms with E-state index in [1.54, 1.807) is 6.07 Å². The maximum absolute atomic E-state index is 12.7. The zero-order valence-electron chi connectivity index (χ0n) is 15.6. The van der Waals surface area contributed by atoms with Gasteiger partial charge in [0.05, 0.1) is 17.8 Å². The van der Waals surface area contributed by atoms with E-state index in [4.69, 9.17) is 27.1 Å². The smallest absolute Gasteiger partial charge is 0.341 e. The van der Waals surface area contributed by atoms with Gasteiger partial charge in [0.2, 0.25) is 0 Å². The van der Waals surface area contributed by atoms with Crippen molar-refractivity contribution >= 4 is 29.1 Å². The van der Waals surface area contributed by atoms with E-state index in [9.17, 15) is 4.79 Å². The third-order valence-corrected chi connectivity index (χ3v) is 5.22. The number of hydrogen-bond donors (Lipinski definition) is 2. The monoisotopic (exact) mass is 383 g/mol. The first kappa shape index (κ1) is 19.0. The van der Waals surface area contributed by atoms with Gasteiger partial charge in [0.1, 0.15) is 5.82 Å². The van der Waals surface area contributed by atoms with E-state index in [1.807, 2.05) is 39.0 Å². The number of allylic oxidation sites excluding steroid dienone is 1. The highest BCUT2D eigenvalue weighted by atomic mass is 35.5. The third-order valence-electron chi connectivity index (χ3n) is 4.88. The van der Waals surface area contributed by atoms with Crippen LogP contribution in [0.1, 0.15) is 42.1 Å². The van der Waals surface area contributed by atoms with Crippen LogP contribution in [-0.2, 0) is 16.0 Å². The maximum Gasteiger partial charge on any atom is 0.341 e. The number of rotatable bonds is 4. The Hall–Kier alpha value is -2.79. The van der Waals surface area contributed by atoms with Gasteiger partial charge in [0.15, 0.2) is 0 Å². The van der Waals surface area contributed by atoms with Gasteiger partial charge < -0.3 is 15.8 Å². The van der Waals surface area contributed by atoms with Crippen molar-refractivity contribution in [1.29, 1.82) is 0 Å². The van der Waals surface area contributed by atoms with Crippen LogP contribution < -0.4 is 11.1 Å². The highest BCUT2D eigenvalue weighted by molar-refractivity contribution is 6.31. The van der Waals surface area contributed by atoms with Crippen LogP contribution in [-0.4, -0.2) is 11.0 Å². The Morgan fingerprint density at radius 2 is 2.11 bits per heavy atom. The molecule has 1 aliphatic rings. The van der Waals surface area contributed by atoms with Gasteiger partial charge >= 0.3 is 5.97 Å². The van der Waals surface area contributed by atoms with Gasteiger partial charge in [-0.1, -0.05) is 43.3 Å². The minimum atomic E-state index is -0.498. The normalized spacial score (nSPS) is 15.8. The first-order chi connectivity index (χ1) is 12.9. The molecular formula is C21H22ClN3O2. The average molecular weight is 384 g/mol. The molecule has 0 saturated heterocycles.